The molecule has 2 aromatic rings. The monoisotopic (exact) mass is 304 g/mol. The normalized spacial score (nSPS) is 16.0. The van der Waals surface area contributed by atoms with Crippen LogP contribution >= 0.6 is 11.6 Å². The molecule has 1 aliphatic rings. The van der Waals surface area contributed by atoms with Crippen molar-refractivity contribution in [3.8, 4) is 0 Å². The first kappa shape index (κ1) is 13.9. The zero-order chi connectivity index (χ0) is 14.7. The third kappa shape index (κ3) is 3.36. The molecule has 0 saturated carbocycles. The number of nitrogens with one attached hydrogen (secondary N) is 2. The number of piperidine rings is 1. The predicted molar refractivity (Wildman–Crippen MR) is 82.7 cm³/mol. The van der Waals surface area contributed by atoms with E-state index in [1.165, 1.54) is 0 Å². The van der Waals surface area contributed by atoms with Crippen molar-refractivity contribution in [2.45, 2.75) is 18.9 Å². The molecule has 0 spiro atoms. The van der Waals surface area contributed by atoms with Gasteiger partial charge in [-0.3, -0.25) is 4.79 Å². The highest BCUT2D eigenvalue weighted by Crippen LogP contribution is 2.19. The van der Waals surface area contributed by atoms with E-state index < -0.39 is 0 Å². The van der Waals surface area contributed by atoms with Crippen molar-refractivity contribution in [1.82, 2.24) is 15.3 Å². The van der Waals surface area contributed by atoms with Crippen molar-refractivity contribution in [1.29, 1.82) is 0 Å². The van der Waals surface area contributed by atoms with Crippen LogP contribution < -0.4 is 10.2 Å². The van der Waals surface area contributed by atoms with Crippen LogP contribution in [0.25, 0.3) is 0 Å². The molecular formula is C15H17ClN4O. The number of carbonyl (C=O) groups is 1. The Labute approximate surface area is 128 Å². The van der Waals surface area contributed by atoms with E-state index in [2.05, 4.69) is 20.2 Å². The van der Waals surface area contributed by atoms with Crippen LogP contribution in [0.3, 0.4) is 0 Å². The van der Waals surface area contributed by atoms with E-state index in [-0.39, 0.29) is 11.9 Å². The van der Waals surface area contributed by atoms with Gasteiger partial charge in [0.25, 0.3) is 5.91 Å². The number of aromatic nitrogens is 2. The fraction of sp³-hybridized carbons (Fsp3) is 0.333. The Morgan fingerprint density at radius 1 is 1.33 bits per heavy atom. The summed E-state index contributed by atoms with van der Waals surface area (Å²) >= 11 is 5.85. The summed E-state index contributed by atoms with van der Waals surface area (Å²) in [5, 5.41) is 3.71. The molecular weight excluding hydrogens is 288 g/mol. The Kier molecular flexibility index (Phi) is 4.10. The van der Waals surface area contributed by atoms with Crippen LogP contribution in [-0.4, -0.2) is 35.0 Å². The van der Waals surface area contributed by atoms with Crippen LogP contribution in [0.1, 0.15) is 23.3 Å². The number of carbonyl (C=O) groups excluding carboxylic acids is 1. The molecule has 2 aromatic heterocycles. The zero-order valence-electron chi connectivity index (χ0n) is 11.6. The van der Waals surface area contributed by atoms with Gasteiger partial charge in [0.15, 0.2) is 0 Å². The smallest absolute Gasteiger partial charge is 0.267 e. The van der Waals surface area contributed by atoms with Crippen LogP contribution in [0, 0.1) is 0 Å². The summed E-state index contributed by atoms with van der Waals surface area (Å²) in [5.74, 6) is 0.900. The SMILES string of the molecule is O=C(NC1CCN(c2ccc(Cl)cn2)CC1)c1ccc[nH]1. The molecule has 2 N–H and O–H groups in total. The van der Waals surface area contributed by atoms with E-state index >= 15 is 0 Å². The number of nitrogens with zero attached hydrogens (tertiary/aromatic N) is 2. The van der Waals surface area contributed by atoms with Crippen molar-refractivity contribution in [3.05, 3.63) is 47.4 Å². The highest BCUT2D eigenvalue weighted by atomic mass is 35.5. The maximum absolute atomic E-state index is 12.0. The number of anilines is 1. The van der Waals surface area contributed by atoms with Gasteiger partial charge in [-0.25, -0.2) is 4.98 Å². The molecule has 0 bridgehead atoms. The summed E-state index contributed by atoms with van der Waals surface area (Å²) in [6.07, 6.45) is 5.24. The second-order valence-electron chi connectivity index (χ2n) is 5.15. The molecule has 110 valence electrons. The van der Waals surface area contributed by atoms with Crippen LogP contribution in [0.2, 0.25) is 5.02 Å². The van der Waals surface area contributed by atoms with E-state index in [4.69, 9.17) is 11.6 Å². The molecule has 21 heavy (non-hydrogen) atoms. The van der Waals surface area contributed by atoms with Crippen molar-refractivity contribution >= 4 is 23.3 Å². The maximum atomic E-state index is 12.0. The summed E-state index contributed by atoms with van der Waals surface area (Å²) < 4.78 is 0. The van der Waals surface area contributed by atoms with Gasteiger partial charge >= 0.3 is 0 Å². The molecule has 6 heteroatoms. The lowest BCUT2D eigenvalue weighted by atomic mass is 10.0. The van der Waals surface area contributed by atoms with E-state index in [0.29, 0.717) is 10.7 Å². The Hall–Kier alpha value is -2.01. The van der Waals surface area contributed by atoms with Gasteiger partial charge in [0.1, 0.15) is 11.5 Å². The van der Waals surface area contributed by atoms with Crippen molar-refractivity contribution < 1.29 is 4.79 Å². The molecule has 0 radical (unpaired) electrons. The van der Waals surface area contributed by atoms with Gasteiger partial charge in [-0.1, -0.05) is 11.6 Å². The molecule has 0 aliphatic carbocycles. The Bertz CT molecular complexity index is 589. The van der Waals surface area contributed by atoms with E-state index in [1.807, 2.05) is 18.2 Å². The van der Waals surface area contributed by atoms with Crippen molar-refractivity contribution in [3.63, 3.8) is 0 Å². The molecule has 0 unspecified atom stereocenters. The lowest BCUT2D eigenvalue weighted by Gasteiger charge is -2.33. The lowest BCUT2D eigenvalue weighted by molar-refractivity contribution is 0.0926. The Morgan fingerprint density at radius 3 is 2.76 bits per heavy atom. The number of hydrogen-bond acceptors (Lipinski definition) is 3. The fourth-order valence-corrected chi connectivity index (χ4v) is 2.65. The largest absolute Gasteiger partial charge is 0.357 e. The third-order valence-electron chi connectivity index (χ3n) is 3.71. The average molecular weight is 305 g/mol. The zero-order valence-corrected chi connectivity index (χ0v) is 12.3. The van der Waals surface area contributed by atoms with Gasteiger partial charge in [0, 0.05) is 31.5 Å². The van der Waals surface area contributed by atoms with Crippen LogP contribution in [0.15, 0.2) is 36.7 Å². The highest BCUT2D eigenvalue weighted by molar-refractivity contribution is 6.30. The molecule has 3 rings (SSSR count). The molecule has 1 saturated heterocycles. The number of rotatable bonds is 3. The van der Waals surface area contributed by atoms with Gasteiger partial charge < -0.3 is 15.2 Å². The first-order chi connectivity index (χ1) is 10.2. The summed E-state index contributed by atoms with van der Waals surface area (Å²) in [5.41, 5.74) is 0.608. The second-order valence-corrected chi connectivity index (χ2v) is 5.59. The highest BCUT2D eigenvalue weighted by Gasteiger charge is 2.22. The minimum atomic E-state index is -0.0388. The van der Waals surface area contributed by atoms with Gasteiger partial charge in [-0.2, -0.15) is 0 Å². The summed E-state index contributed by atoms with van der Waals surface area (Å²) in [7, 11) is 0. The van der Waals surface area contributed by atoms with Gasteiger partial charge in [-0.15, -0.1) is 0 Å². The molecule has 1 amide bonds. The minimum Gasteiger partial charge on any atom is -0.357 e. The molecule has 0 atom stereocenters. The number of aromatic amines is 1. The molecule has 5 nitrogen and oxygen atoms in total. The predicted octanol–water partition coefficient (Wildman–Crippen LogP) is 2.46. The molecule has 3 heterocycles. The van der Waals surface area contributed by atoms with Crippen molar-refractivity contribution in [2.75, 3.05) is 18.0 Å². The standard InChI is InChI=1S/C15H17ClN4O/c16-11-3-4-14(18-10-11)20-8-5-12(6-9-20)19-15(21)13-2-1-7-17-13/h1-4,7,10,12,17H,5-6,8-9H2,(H,19,21). The van der Waals surface area contributed by atoms with Crippen molar-refractivity contribution in [2.24, 2.45) is 0 Å². The van der Waals surface area contributed by atoms with Crippen LogP contribution in [-0.2, 0) is 0 Å². The topological polar surface area (TPSA) is 61.0 Å². The summed E-state index contributed by atoms with van der Waals surface area (Å²) in [6, 6.07) is 7.60. The molecule has 1 fully saturated rings. The van der Waals surface area contributed by atoms with E-state index in [9.17, 15) is 4.79 Å². The summed E-state index contributed by atoms with van der Waals surface area (Å²) in [6.45, 7) is 1.76. The summed E-state index contributed by atoms with van der Waals surface area (Å²) in [4.78, 5) is 21.4. The average Bonchev–Trinajstić information content (AvgIpc) is 3.03. The number of hydrogen-bond donors (Lipinski definition) is 2. The number of pyridine rings is 1. The fourth-order valence-electron chi connectivity index (χ4n) is 2.54. The number of H-pyrrole nitrogens is 1. The first-order valence-electron chi connectivity index (χ1n) is 7.03. The van der Waals surface area contributed by atoms with Gasteiger partial charge in [0.05, 0.1) is 5.02 Å². The molecule has 0 aromatic carbocycles. The first-order valence-corrected chi connectivity index (χ1v) is 7.41. The third-order valence-corrected chi connectivity index (χ3v) is 3.93. The number of halogens is 1. The Morgan fingerprint density at radius 2 is 2.14 bits per heavy atom. The van der Waals surface area contributed by atoms with Crippen LogP contribution in [0.5, 0.6) is 0 Å². The Balaban J connectivity index is 1.53. The second kappa shape index (κ2) is 6.18. The maximum Gasteiger partial charge on any atom is 0.267 e. The lowest BCUT2D eigenvalue weighted by Crippen LogP contribution is -2.45. The minimum absolute atomic E-state index is 0.0388. The number of amides is 1. The van der Waals surface area contributed by atoms with E-state index in [0.717, 1.165) is 31.7 Å². The van der Waals surface area contributed by atoms with Gasteiger partial charge in [-0.05, 0) is 37.1 Å². The van der Waals surface area contributed by atoms with Crippen LogP contribution in [0.4, 0.5) is 5.82 Å². The van der Waals surface area contributed by atoms with Gasteiger partial charge in [0.2, 0.25) is 0 Å². The van der Waals surface area contributed by atoms with E-state index in [1.54, 1.807) is 18.5 Å². The quantitative estimate of drug-likeness (QED) is 0.915. The molecule has 1 aliphatic heterocycles.